The summed E-state index contributed by atoms with van der Waals surface area (Å²) in [5.41, 5.74) is 3.22. The van der Waals surface area contributed by atoms with Crippen molar-refractivity contribution in [3.63, 3.8) is 0 Å². The summed E-state index contributed by atoms with van der Waals surface area (Å²) in [5, 5.41) is 6.93. The maximum atomic E-state index is 4.67. The van der Waals surface area contributed by atoms with E-state index in [2.05, 4.69) is 63.6 Å². The predicted octanol–water partition coefficient (Wildman–Crippen LogP) is 5.12. The van der Waals surface area contributed by atoms with Gasteiger partial charge in [0.15, 0.2) is 0 Å². The van der Waals surface area contributed by atoms with Crippen molar-refractivity contribution in [2.24, 2.45) is 0 Å². The van der Waals surface area contributed by atoms with E-state index >= 15 is 0 Å². The summed E-state index contributed by atoms with van der Waals surface area (Å²) < 4.78 is 0. The molecule has 1 heterocycles. The summed E-state index contributed by atoms with van der Waals surface area (Å²) >= 11 is 0. The lowest BCUT2D eigenvalue weighted by Crippen LogP contribution is -2.23. The number of rotatable bonds is 7. The first-order valence-corrected chi connectivity index (χ1v) is 9.92. The molecule has 3 rings (SSSR count). The molecule has 5 heteroatoms. The molecule has 0 unspecified atom stereocenters. The predicted molar refractivity (Wildman–Crippen MR) is 111 cm³/mol. The van der Waals surface area contributed by atoms with Crippen molar-refractivity contribution >= 4 is 23.1 Å². The van der Waals surface area contributed by atoms with Gasteiger partial charge in [0, 0.05) is 42.3 Å². The van der Waals surface area contributed by atoms with E-state index in [9.17, 15) is 0 Å². The topological polar surface area (TPSA) is 53.1 Å². The number of aromatic nitrogens is 2. The van der Waals surface area contributed by atoms with Gasteiger partial charge in [-0.25, -0.2) is 4.98 Å². The third-order valence-electron chi connectivity index (χ3n) is 5.06. The molecular weight excluding hydrogens is 322 g/mol. The van der Waals surface area contributed by atoms with Crippen LogP contribution in [0.15, 0.2) is 30.3 Å². The largest absolute Gasteiger partial charge is 0.372 e. The van der Waals surface area contributed by atoms with Crippen LogP contribution < -0.4 is 15.5 Å². The Morgan fingerprint density at radius 1 is 1.00 bits per heavy atom. The van der Waals surface area contributed by atoms with E-state index in [0.717, 1.165) is 30.3 Å². The van der Waals surface area contributed by atoms with Crippen molar-refractivity contribution < 1.29 is 0 Å². The minimum atomic E-state index is 0.541. The molecule has 1 aliphatic rings. The van der Waals surface area contributed by atoms with E-state index in [-0.39, 0.29) is 0 Å². The zero-order chi connectivity index (χ0) is 18.4. The van der Waals surface area contributed by atoms with E-state index in [4.69, 9.17) is 0 Å². The Balaban J connectivity index is 1.69. The molecule has 0 bridgehead atoms. The first-order chi connectivity index (χ1) is 12.7. The van der Waals surface area contributed by atoms with E-state index in [0.29, 0.717) is 12.0 Å². The molecule has 1 aromatic carbocycles. The monoisotopic (exact) mass is 353 g/mol. The highest BCUT2D eigenvalue weighted by molar-refractivity contribution is 5.60. The number of hydrogen-bond acceptors (Lipinski definition) is 5. The smallest absolute Gasteiger partial charge is 0.229 e. The van der Waals surface area contributed by atoms with Gasteiger partial charge in [-0.15, -0.1) is 0 Å². The Labute approximate surface area is 157 Å². The standard InChI is InChI=1S/C21H31N5/c1-4-26(5-2)19-13-11-18(12-14-19)24-21-22-16(3)15-20(25-21)23-17-9-7-6-8-10-17/h11-15,17H,4-10H2,1-3H3,(H2,22,23,24,25). The summed E-state index contributed by atoms with van der Waals surface area (Å²) in [4.78, 5) is 11.5. The second-order valence-corrected chi connectivity index (χ2v) is 7.04. The third kappa shape index (κ3) is 4.87. The Morgan fingerprint density at radius 2 is 1.69 bits per heavy atom. The minimum absolute atomic E-state index is 0.541. The van der Waals surface area contributed by atoms with E-state index in [1.165, 1.54) is 37.8 Å². The van der Waals surface area contributed by atoms with Crippen molar-refractivity contribution in [2.75, 3.05) is 28.6 Å². The van der Waals surface area contributed by atoms with Crippen LogP contribution in [0.25, 0.3) is 0 Å². The first-order valence-electron chi connectivity index (χ1n) is 9.92. The van der Waals surface area contributed by atoms with Crippen LogP contribution in [0.1, 0.15) is 51.6 Å². The van der Waals surface area contributed by atoms with Crippen LogP contribution in [0, 0.1) is 6.92 Å². The fraction of sp³-hybridized carbons (Fsp3) is 0.524. The summed E-state index contributed by atoms with van der Waals surface area (Å²) in [5.74, 6) is 1.57. The highest BCUT2D eigenvalue weighted by atomic mass is 15.2. The van der Waals surface area contributed by atoms with Crippen molar-refractivity contribution in [1.82, 2.24) is 9.97 Å². The van der Waals surface area contributed by atoms with Crippen LogP contribution in [0.5, 0.6) is 0 Å². The SMILES string of the molecule is CCN(CC)c1ccc(Nc2nc(C)cc(NC3CCCCC3)n2)cc1. The molecule has 0 radical (unpaired) electrons. The Hall–Kier alpha value is -2.30. The van der Waals surface area contributed by atoms with Gasteiger partial charge in [-0.1, -0.05) is 19.3 Å². The fourth-order valence-electron chi connectivity index (χ4n) is 3.63. The molecule has 0 atom stereocenters. The third-order valence-corrected chi connectivity index (χ3v) is 5.06. The highest BCUT2D eigenvalue weighted by Crippen LogP contribution is 2.23. The molecular formula is C21H31N5. The van der Waals surface area contributed by atoms with Gasteiger partial charge in [0.2, 0.25) is 5.95 Å². The molecule has 2 aromatic rings. The summed E-state index contributed by atoms with van der Waals surface area (Å²) in [6.45, 7) is 8.40. The number of nitrogens with zero attached hydrogens (tertiary/aromatic N) is 3. The lowest BCUT2D eigenvalue weighted by molar-refractivity contribution is 0.462. The number of hydrogen-bond donors (Lipinski definition) is 2. The zero-order valence-electron chi connectivity index (χ0n) is 16.3. The highest BCUT2D eigenvalue weighted by Gasteiger charge is 2.14. The molecule has 1 saturated carbocycles. The quantitative estimate of drug-likeness (QED) is 0.723. The summed E-state index contributed by atoms with van der Waals surface area (Å²) in [7, 11) is 0. The number of aryl methyl sites for hydroxylation is 1. The molecule has 1 fully saturated rings. The minimum Gasteiger partial charge on any atom is -0.372 e. The normalized spacial score (nSPS) is 14.9. The van der Waals surface area contributed by atoms with Crippen molar-refractivity contribution in [2.45, 2.75) is 58.9 Å². The lowest BCUT2D eigenvalue weighted by atomic mass is 9.95. The average Bonchev–Trinajstić information content (AvgIpc) is 2.64. The Kier molecular flexibility index (Phi) is 6.31. The van der Waals surface area contributed by atoms with Crippen LogP contribution in [0.4, 0.5) is 23.1 Å². The van der Waals surface area contributed by atoms with Crippen LogP contribution in [0.2, 0.25) is 0 Å². The molecule has 0 saturated heterocycles. The Bertz CT molecular complexity index is 688. The average molecular weight is 354 g/mol. The van der Waals surface area contributed by atoms with E-state index in [1.54, 1.807) is 0 Å². The molecule has 1 aromatic heterocycles. The van der Waals surface area contributed by atoms with Crippen LogP contribution in [-0.4, -0.2) is 29.1 Å². The van der Waals surface area contributed by atoms with Crippen molar-refractivity contribution in [1.29, 1.82) is 0 Å². The molecule has 0 aliphatic heterocycles. The van der Waals surface area contributed by atoms with E-state index in [1.807, 2.05) is 13.0 Å². The second kappa shape index (κ2) is 8.88. The maximum absolute atomic E-state index is 4.67. The van der Waals surface area contributed by atoms with E-state index < -0.39 is 0 Å². The molecule has 26 heavy (non-hydrogen) atoms. The van der Waals surface area contributed by atoms with Gasteiger partial charge in [-0.05, 0) is 57.9 Å². The van der Waals surface area contributed by atoms with Gasteiger partial charge in [0.25, 0.3) is 0 Å². The molecule has 1 aliphatic carbocycles. The lowest BCUT2D eigenvalue weighted by Gasteiger charge is -2.23. The molecule has 0 spiro atoms. The van der Waals surface area contributed by atoms with Gasteiger partial charge < -0.3 is 15.5 Å². The van der Waals surface area contributed by atoms with Crippen LogP contribution in [-0.2, 0) is 0 Å². The number of benzene rings is 1. The van der Waals surface area contributed by atoms with Gasteiger partial charge in [-0.3, -0.25) is 0 Å². The van der Waals surface area contributed by atoms with Gasteiger partial charge in [0.1, 0.15) is 5.82 Å². The first kappa shape index (κ1) is 18.5. The molecule has 140 valence electrons. The number of nitrogens with one attached hydrogen (secondary N) is 2. The fourth-order valence-corrected chi connectivity index (χ4v) is 3.63. The molecule has 0 amide bonds. The maximum Gasteiger partial charge on any atom is 0.229 e. The summed E-state index contributed by atoms with van der Waals surface area (Å²) in [6.07, 6.45) is 6.45. The van der Waals surface area contributed by atoms with Crippen LogP contribution in [0.3, 0.4) is 0 Å². The van der Waals surface area contributed by atoms with Crippen molar-refractivity contribution in [3.8, 4) is 0 Å². The van der Waals surface area contributed by atoms with Crippen molar-refractivity contribution in [3.05, 3.63) is 36.0 Å². The zero-order valence-corrected chi connectivity index (χ0v) is 16.3. The van der Waals surface area contributed by atoms with Gasteiger partial charge in [-0.2, -0.15) is 4.98 Å². The number of anilines is 4. The van der Waals surface area contributed by atoms with Gasteiger partial charge >= 0.3 is 0 Å². The van der Waals surface area contributed by atoms with Gasteiger partial charge in [0.05, 0.1) is 0 Å². The molecule has 2 N–H and O–H groups in total. The Morgan fingerprint density at radius 3 is 2.35 bits per heavy atom. The summed E-state index contributed by atoms with van der Waals surface area (Å²) in [6, 6.07) is 11.0. The second-order valence-electron chi connectivity index (χ2n) is 7.04. The van der Waals surface area contributed by atoms with Crippen LogP contribution >= 0.6 is 0 Å². The molecule has 5 nitrogen and oxygen atoms in total.